The summed E-state index contributed by atoms with van der Waals surface area (Å²) in [5.74, 6) is 0. The largest absolute Gasteiger partial charge is 0.394 e. The van der Waals surface area contributed by atoms with Gasteiger partial charge in [0.05, 0.1) is 12.7 Å². The molecule has 7 heteroatoms. The molecule has 0 bridgehead atoms. The molecule has 0 spiro atoms. The molecule has 0 aliphatic carbocycles. The normalized spacial score (nSPS) is 28.5. The first-order valence-corrected chi connectivity index (χ1v) is 5.29. The number of aliphatic hydroxyl groups is 2. The maximum Gasteiger partial charge on any atom is 0.330 e. The number of H-pyrrole nitrogens is 1. The number of aromatic nitrogens is 2. The van der Waals surface area contributed by atoms with Crippen molar-refractivity contribution < 1.29 is 14.9 Å². The van der Waals surface area contributed by atoms with Gasteiger partial charge in [0.25, 0.3) is 5.56 Å². The van der Waals surface area contributed by atoms with E-state index in [0.29, 0.717) is 5.56 Å². The average molecular weight is 242 g/mol. The predicted molar refractivity (Wildman–Crippen MR) is 57.7 cm³/mol. The topological polar surface area (TPSA) is 105 Å². The van der Waals surface area contributed by atoms with Gasteiger partial charge in [0.15, 0.2) is 0 Å². The monoisotopic (exact) mass is 242 g/mol. The number of hydrogen-bond donors (Lipinski definition) is 3. The SMILES string of the molecule is Cc1cn(C2C[C@@H](O)[C@H](CO)O2)c(=O)[nH]c1=O. The highest BCUT2D eigenvalue weighted by Crippen LogP contribution is 2.27. The van der Waals surface area contributed by atoms with Crippen LogP contribution < -0.4 is 11.2 Å². The summed E-state index contributed by atoms with van der Waals surface area (Å²) >= 11 is 0. The van der Waals surface area contributed by atoms with E-state index in [-0.39, 0.29) is 13.0 Å². The van der Waals surface area contributed by atoms with Gasteiger partial charge in [-0.25, -0.2) is 4.79 Å². The van der Waals surface area contributed by atoms with Gasteiger partial charge >= 0.3 is 5.69 Å². The molecule has 1 unspecified atom stereocenters. The Hall–Kier alpha value is -1.44. The van der Waals surface area contributed by atoms with Gasteiger partial charge in [-0.3, -0.25) is 14.3 Å². The Labute approximate surface area is 96.3 Å². The van der Waals surface area contributed by atoms with Crippen LogP contribution in [0.5, 0.6) is 0 Å². The minimum Gasteiger partial charge on any atom is -0.394 e. The molecule has 1 saturated heterocycles. The molecule has 2 rings (SSSR count). The Morgan fingerprint density at radius 3 is 2.88 bits per heavy atom. The fourth-order valence-electron chi connectivity index (χ4n) is 1.85. The summed E-state index contributed by atoms with van der Waals surface area (Å²) < 4.78 is 6.54. The van der Waals surface area contributed by atoms with E-state index >= 15 is 0 Å². The van der Waals surface area contributed by atoms with Gasteiger partial charge < -0.3 is 14.9 Å². The van der Waals surface area contributed by atoms with E-state index in [4.69, 9.17) is 9.84 Å². The minimum atomic E-state index is -0.816. The Kier molecular flexibility index (Phi) is 3.14. The molecule has 2 heterocycles. The van der Waals surface area contributed by atoms with E-state index in [2.05, 4.69) is 4.98 Å². The first kappa shape index (κ1) is 12.0. The van der Waals surface area contributed by atoms with Crippen molar-refractivity contribution in [3.63, 3.8) is 0 Å². The summed E-state index contributed by atoms with van der Waals surface area (Å²) in [6.07, 6.45) is -0.581. The lowest BCUT2D eigenvalue weighted by molar-refractivity contribution is -0.0459. The molecule has 1 aliphatic heterocycles. The Bertz CT molecular complexity index is 520. The lowest BCUT2D eigenvalue weighted by atomic mass is 10.2. The number of ether oxygens (including phenoxy) is 1. The van der Waals surface area contributed by atoms with Crippen molar-refractivity contribution in [2.45, 2.75) is 31.8 Å². The predicted octanol–water partition coefficient (Wildman–Crippen LogP) is -1.51. The molecule has 17 heavy (non-hydrogen) atoms. The van der Waals surface area contributed by atoms with E-state index in [1.807, 2.05) is 0 Å². The summed E-state index contributed by atoms with van der Waals surface area (Å²) in [7, 11) is 0. The fraction of sp³-hybridized carbons (Fsp3) is 0.600. The highest BCUT2D eigenvalue weighted by Gasteiger charge is 2.34. The average Bonchev–Trinajstić information content (AvgIpc) is 2.65. The number of nitrogens with one attached hydrogen (secondary N) is 1. The molecule has 1 aromatic rings. The van der Waals surface area contributed by atoms with Crippen LogP contribution in [-0.2, 0) is 4.74 Å². The maximum atomic E-state index is 11.6. The van der Waals surface area contributed by atoms with E-state index < -0.39 is 29.7 Å². The smallest absolute Gasteiger partial charge is 0.330 e. The summed E-state index contributed by atoms with van der Waals surface area (Å²) in [5.41, 5.74) is -0.643. The molecule has 0 aromatic carbocycles. The molecule has 0 radical (unpaired) electrons. The standard InChI is InChI=1S/C10H14N2O5/c1-5-3-12(10(16)11-9(5)15)8-2-6(14)7(4-13)17-8/h3,6-8,13-14H,2,4H2,1H3,(H,11,15,16)/t6-,7+,8?/m1/s1. The number of nitrogens with zero attached hydrogens (tertiary/aromatic N) is 1. The first-order valence-electron chi connectivity index (χ1n) is 5.29. The molecule has 1 aromatic heterocycles. The molecule has 7 nitrogen and oxygen atoms in total. The Balaban J connectivity index is 2.34. The minimum absolute atomic E-state index is 0.205. The van der Waals surface area contributed by atoms with E-state index in [0.717, 1.165) is 0 Å². The second-order valence-electron chi connectivity index (χ2n) is 4.09. The molecule has 3 N–H and O–H groups in total. The highest BCUT2D eigenvalue weighted by atomic mass is 16.5. The number of aryl methyl sites for hydroxylation is 1. The van der Waals surface area contributed by atoms with Crippen molar-refractivity contribution in [2.75, 3.05) is 6.61 Å². The number of rotatable bonds is 2. The van der Waals surface area contributed by atoms with Crippen molar-refractivity contribution >= 4 is 0 Å². The summed E-state index contributed by atoms with van der Waals surface area (Å²) in [6, 6.07) is 0. The zero-order valence-corrected chi connectivity index (χ0v) is 9.29. The van der Waals surface area contributed by atoms with Gasteiger partial charge in [-0.15, -0.1) is 0 Å². The van der Waals surface area contributed by atoms with Crippen LogP contribution in [0, 0.1) is 6.92 Å². The van der Waals surface area contributed by atoms with Crippen molar-refractivity contribution in [3.05, 3.63) is 32.6 Å². The van der Waals surface area contributed by atoms with Crippen LogP contribution in [0.3, 0.4) is 0 Å². The Morgan fingerprint density at radius 1 is 1.59 bits per heavy atom. The van der Waals surface area contributed by atoms with E-state index in [1.54, 1.807) is 6.92 Å². The molecule has 0 amide bonds. The quantitative estimate of drug-likeness (QED) is 0.584. The van der Waals surface area contributed by atoms with Gasteiger partial charge in [-0.2, -0.15) is 0 Å². The van der Waals surface area contributed by atoms with Crippen LogP contribution in [0.4, 0.5) is 0 Å². The molecular weight excluding hydrogens is 228 g/mol. The van der Waals surface area contributed by atoms with Crippen LogP contribution in [0.2, 0.25) is 0 Å². The van der Waals surface area contributed by atoms with Gasteiger partial charge in [0, 0.05) is 18.2 Å². The lowest BCUT2D eigenvalue weighted by Gasteiger charge is -2.14. The zero-order chi connectivity index (χ0) is 12.6. The van der Waals surface area contributed by atoms with Crippen LogP contribution >= 0.6 is 0 Å². The summed E-state index contributed by atoms with van der Waals surface area (Å²) in [5, 5.41) is 18.5. The van der Waals surface area contributed by atoms with Crippen LogP contribution in [-0.4, -0.2) is 38.6 Å². The molecule has 0 saturated carbocycles. The van der Waals surface area contributed by atoms with Gasteiger partial charge in [-0.05, 0) is 6.92 Å². The molecule has 3 atom stereocenters. The third-order valence-electron chi connectivity index (χ3n) is 2.84. The molecular formula is C10H14N2O5. The molecule has 1 fully saturated rings. The second kappa shape index (κ2) is 4.44. The summed E-state index contributed by atoms with van der Waals surface area (Å²) in [4.78, 5) is 24.9. The van der Waals surface area contributed by atoms with Crippen molar-refractivity contribution in [1.29, 1.82) is 0 Å². The van der Waals surface area contributed by atoms with E-state index in [9.17, 15) is 14.7 Å². The van der Waals surface area contributed by atoms with Gasteiger partial charge in [-0.1, -0.05) is 0 Å². The van der Waals surface area contributed by atoms with Gasteiger partial charge in [0.2, 0.25) is 0 Å². The van der Waals surface area contributed by atoms with Crippen LogP contribution in [0.25, 0.3) is 0 Å². The lowest BCUT2D eigenvalue weighted by Crippen LogP contribution is -2.33. The third kappa shape index (κ3) is 2.17. The number of aromatic amines is 1. The number of aliphatic hydroxyl groups excluding tert-OH is 2. The van der Waals surface area contributed by atoms with Crippen LogP contribution in [0.1, 0.15) is 18.2 Å². The third-order valence-corrected chi connectivity index (χ3v) is 2.84. The van der Waals surface area contributed by atoms with Crippen molar-refractivity contribution in [2.24, 2.45) is 0 Å². The maximum absolute atomic E-state index is 11.6. The van der Waals surface area contributed by atoms with E-state index in [1.165, 1.54) is 10.8 Å². The molecule has 1 aliphatic rings. The second-order valence-corrected chi connectivity index (χ2v) is 4.09. The van der Waals surface area contributed by atoms with Crippen LogP contribution in [0.15, 0.2) is 15.8 Å². The summed E-state index contributed by atoms with van der Waals surface area (Å²) in [6.45, 7) is 1.26. The Morgan fingerprint density at radius 2 is 2.29 bits per heavy atom. The molecule has 94 valence electrons. The zero-order valence-electron chi connectivity index (χ0n) is 9.29. The fourth-order valence-corrected chi connectivity index (χ4v) is 1.85. The highest BCUT2D eigenvalue weighted by molar-refractivity contribution is 5.02. The first-order chi connectivity index (χ1) is 8.02. The number of hydrogen-bond acceptors (Lipinski definition) is 5. The van der Waals surface area contributed by atoms with Gasteiger partial charge in [0.1, 0.15) is 12.3 Å². The van der Waals surface area contributed by atoms with Crippen molar-refractivity contribution in [3.8, 4) is 0 Å². The van der Waals surface area contributed by atoms with Crippen molar-refractivity contribution in [1.82, 2.24) is 9.55 Å².